The molecule has 0 saturated heterocycles. The van der Waals surface area contributed by atoms with Gasteiger partial charge in [-0.05, 0) is 29.8 Å². The third-order valence-corrected chi connectivity index (χ3v) is 3.86. The predicted molar refractivity (Wildman–Crippen MR) is 59.2 cm³/mol. The fourth-order valence-corrected chi connectivity index (χ4v) is 2.08. The van der Waals surface area contributed by atoms with E-state index in [0.717, 1.165) is 27.6 Å². The molecule has 0 amide bonds. The maximum atomic E-state index is 5.87. The molecule has 2 rings (SSSR count). The van der Waals surface area contributed by atoms with Gasteiger partial charge in [-0.1, -0.05) is 11.6 Å². The van der Waals surface area contributed by atoms with E-state index in [1.807, 2.05) is 13.8 Å². The summed E-state index contributed by atoms with van der Waals surface area (Å²) < 4.78 is 10.6. The SMILES string of the molecule is Cc1nn(-c2nsnc2Cl)c(C)c1Br. The molecule has 2 heterocycles. The normalized spacial score (nSPS) is 10.9. The van der Waals surface area contributed by atoms with Gasteiger partial charge in [0.15, 0.2) is 5.15 Å². The molecular weight excluding hydrogens is 288 g/mol. The Labute approximate surface area is 98.4 Å². The molecule has 74 valence electrons. The number of aromatic nitrogens is 4. The topological polar surface area (TPSA) is 43.6 Å². The first kappa shape index (κ1) is 10.1. The minimum absolute atomic E-state index is 0.383. The molecule has 0 aliphatic rings. The fourth-order valence-electron chi connectivity index (χ4n) is 1.13. The second kappa shape index (κ2) is 3.60. The molecule has 0 aliphatic carbocycles. The summed E-state index contributed by atoms with van der Waals surface area (Å²) in [4.78, 5) is 0. The minimum Gasteiger partial charge on any atom is -0.214 e. The summed E-state index contributed by atoms with van der Waals surface area (Å²) in [5, 5.41) is 4.69. The number of hydrogen-bond donors (Lipinski definition) is 0. The van der Waals surface area contributed by atoms with Gasteiger partial charge < -0.3 is 0 Å². The van der Waals surface area contributed by atoms with E-state index in [9.17, 15) is 0 Å². The molecule has 0 unspecified atom stereocenters. The Morgan fingerprint density at radius 3 is 2.50 bits per heavy atom. The van der Waals surface area contributed by atoms with Gasteiger partial charge in [-0.25, -0.2) is 4.68 Å². The summed E-state index contributed by atoms with van der Waals surface area (Å²) in [6, 6.07) is 0. The molecule has 0 aliphatic heterocycles. The Balaban J connectivity index is 2.63. The van der Waals surface area contributed by atoms with Gasteiger partial charge >= 0.3 is 0 Å². The zero-order chi connectivity index (χ0) is 10.3. The second-order valence-corrected chi connectivity index (χ2v) is 4.45. The van der Waals surface area contributed by atoms with Crippen molar-refractivity contribution in [2.24, 2.45) is 0 Å². The van der Waals surface area contributed by atoms with Gasteiger partial charge in [0.1, 0.15) is 0 Å². The first-order valence-corrected chi connectivity index (χ1v) is 5.71. The van der Waals surface area contributed by atoms with E-state index in [2.05, 4.69) is 29.8 Å². The fraction of sp³-hybridized carbons (Fsp3) is 0.286. The van der Waals surface area contributed by atoms with Crippen molar-refractivity contribution in [3.8, 4) is 5.82 Å². The minimum atomic E-state index is 0.383. The van der Waals surface area contributed by atoms with Gasteiger partial charge in [-0.15, -0.1) is 0 Å². The van der Waals surface area contributed by atoms with Crippen LogP contribution in [0.4, 0.5) is 0 Å². The third-order valence-electron chi connectivity index (χ3n) is 1.84. The summed E-state index contributed by atoms with van der Waals surface area (Å²) >= 11 is 10.4. The zero-order valence-electron chi connectivity index (χ0n) is 7.45. The lowest BCUT2D eigenvalue weighted by atomic mass is 10.4. The lowest BCUT2D eigenvalue weighted by molar-refractivity contribution is 0.815. The Morgan fingerprint density at radius 2 is 2.07 bits per heavy atom. The van der Waals surface area contributed by atoms with E-state index in [0.29, 0.717) is 11.0 Å². The molecule has 0 radical (unpaired) electrons. The maximum absolute atomic E-state index is 5.87. The molecule has 0 atom stereocenters. The molecule has 4 nitrogen and oxygen atoms in total. The van der Waals surface area contributed by atoms with Crippen LogP contribution in [0.25, 0.3) is 5.82 Å². The Hall–Kier alpha value is -0.460. The van der Waals surface area contributed by atoms with Crippen molar-refractivity contribution in [3.05, 3.63) is 21.0 Å². The molecule has 7 heteroatoms. The summed E-state index contributed by atoms with van der Waals surface area (Å²) in [7, 11) is 0. The molecule has 0 aromatic carbocycles. The molecule has 2 aromatic heterocycles. The third kappa shape index (κ3) is 1.47. The van der Waals surface area contributed by atoms with E-state index in [1.165, 1.54) is 0 Å². The molecule has 0 bridgehead atoms. The highest BCUT2D eigenvalue weighted by atomic mass is 79.9. The van der Waals surface area contributed by atoms with Crippen molar-refractivity contribution < 1.29 is 0 Å². The van der Waals surface area contributed by atoms with Gasteiger partial charge in [-0.3, -0.25) is 0 Å². The molecule has 2 aromatic rings. The first-order chi connectivity index (χ1) is 6.61. The van der Waals surface area contributed by atoms with Crippen LogP contribution < -0.4 is 0 Å². The Kier molecular flexibility index (Phi) is 2.59. The van der Waals surface area contributed by atoms with Crippen LogP contribution >= 0.6 is 39.3 Å². The van der Waals surface area contributed by atoms with Crippen molar-refractivity contribution >= 4 is 39.3 Å². The van der Waals surface area contributed by atoms with Crippen molar-refractivity contribution in [3.63, 3.8) is 0 Å². The van der Waals surface area contributed by atoms with Gasteiger partial charge in [0.2, 0.25) is 5.82 Å². The quantitative estimate of drug-likeness (QED) is 0.812. The zero-order valence-corrected chi connectivity index (χ0v) is 10.6. The standard InChI is InChI=1S/C7H6BrClN4S/c1-3-5(8)4(2)13(10-3)7-6(9)11-14-12-7/h1-2H3. The average molecular weight is 294 g/mol. The number of halogens is 2. The highest BCUT2D eigenvalue weighted by molar-refractivity contribution is 9.10. The van der Waals surface area contributed by atoms with E-state index < -0.39 is 0 Å². The molecular formula is C7H6BrClN4S. The molecule has 0 N–H and O–H groups in total. The van der Waals surface area contributed by atoms with Crippen molar-refractivity contribution in [2.45, 2.75) is 13.8 Å². The van der Waals surface area contributed by atoms with Crippen LogP contribution in [-0.4, -0.2) is 18.5 Å². The van der Waals surface area contributed by atoms with Gasteiger partial charge in [0, 0.05) is 0 Å². The molecule has 0 fully saturated rings. The first-order valence-electron chi connectivity index (χ1n) is 3.81. The van der Waals surface area contributed by atoms with E-state index >= 15 is 0 Å². The number of nitrogens with zero attached hydrogens (tertiary/aromatic N) is 4. The van der Waals surface area contributed by atoms with Crippen molar-refractivity contribution in [2.75, 3.05) is 0 Å². The largest absolute Gasteiger partial charge is 0.214 e. The van der Waals surface area contributed by atoms with E-state index in [1.54, 1.807) is 4.68 Å². The van der Waals surface area contributed by atoms with Crippen LogP contribution in [0.2, 0.25) is 5.15 Å². The van der Waals surface area contributed by atoms with Gasteiger partial charge in [-0.2, -0.15) is 13.8 Å². The Morgan fingerprint density at radius 1 is 1.36 bits per heavy atom. The second-order valence-electron chi connectivity index (χ2n) is 2.78. The lowest BCUT2D eigenvalue weighted by Gasteiger charge is -1.98. The highest BCUT2D eigenvalue weighted by Gasteiger charge is 2.15. The van der Waals surface area contributed by atoms with Crippen LogP contribution in [0.5, 0.6) is 0 Å². The summed E-state index contributed by atoms with van der Waals surface area (Å²) in [5.74, 6) is 0.586. The summed E-state index contributed by atoms with van der Waals surface area (Å²) in [6.07, 6.45) is 0. The average Bonchev–Trinajstić information content (AvgIpc) is 2.66. The van der Waals surface area contributed by atoms with Crippen molar-refractivity contribution in [1.82, 2.24) is 18.5 Å². The lowest BCUT2D eigenvalue weighted by Crippen LogP contribution is -1.99. The van der Waals surface area contributed by atoms with Crippen molar-refractivity contribution in [1.29, 1.82) is 0 Å². The number of hydrogen-bond acceptors (Lipinski definition) is 4. The van der Waals surface area contributed by atoms with Gasteiger partial charge in [0.25, 0.3) is 0 Å². The number of aryl methyl sites for hydroxylation is 1. The predicted octanol–water partition coefficient (Wildman–Crippen LogP) is 2.76. The van der Waals surface area contributed by atoms with Crippen LogP contribution in [0, 0.1) is 13.8 Å². The smallest absolute Gasteiger partial charge is 0.206 e. The van der Waals surface area contributed by atoms with E-state index in [4.69, 9.17) is 11.6 Å². The Bertz CT molecular complexity index is 478. The van der Waals surface area contributed by atoms with Crippen LogP contribution in [0.15, 0.2) is 4.47 Å². The summed E-state index contributed by atoms with van der Waals surface area (Å²) in [6.45, 7) is 3.86. The van der Waals surface area contributed by atoms with Crippen LogP contribution in [0.3, 0.4) is 0 Å². The monoisotopic (exact) mass is 292 g/mol. The highest BCUT2D eigenvalue weighted by Crippen LogP contribution is 2.25. The summed E-state index contributed by atoms with van der Waals surface area (Å²) in [5.41, 5.74) is 1.88. The molecule has 14 heavy (non-hydrogen) atoms. The maximum Gasteiger partial charge on any atom is 0.206 e. The molecule has 0 saturated carbocycles. The molecule has 0 spiro atoms. The van der Waals surface area contributed by atoms with Gasteiger partial charge in [0.05, 0.1) is 27.6 Å². The van der Waals surface area contributed by atoms with Crippen LogP contribution in [-0.2, 0) is 0 Å². The van der Waals surface area contributed by atoms with E-state index in [-0.39, 0.29) is 0 Å². The number of rotatable bonds is 1. The van der Waals surface area contributed by atoms with Crippen LogP contribution in [0.1, 0.15) is 11.4 Å².